The summed E-state index contributed by atoms with van der Waals surface area (Å²) in [4.78, 5) is 10.2. The zero-order valence-corrected chi connectivity index (χ0v) is 8.00. The van der Waals surface area contributed by atoms with Crippen LogP contribution in [-0.4, -0.2) is 38.5 Å². The first-order chi connectivity index (χ1) is 5.72. The second-order valence-corrected chi connectivity index (χ2v) is 2.04. The van der Waals surface area contributed by atoms with Gasteiger partial charge in [-0.15, -0.1) is 0 Å². The largest absolute Gasteiger partial charge is 0.469 e. The summed E-state index contributed by atoms with van der Waals surface area (Å²) in [5.74, 6) is -0.123. The van der Waals surface area contributed by atoms with E-state index in [2.05, 4.69) is 9.47 Å². The second-order valence-electron chi connectivity index (χ2n) is 2.04. The molecular formula is C8H18O4. The van der Waals surface area contributed by atoms with Gasteiger partial charge in [0, 0.05) is 13.5 Å². The van der Waals surface area contributed by atoms with E-state index in [1.165, 1.54) is 7.11 Å². The number of carbonyl (C=O) groups excluding carboxylic acids is 1. The highest BCUT2D eigenvalue weighted by molar-refractivity contribution is 5.68. The maximum absolute atomic E-state index is 10.2. The topological polar surface area (TPSA) is 55.8 Å². The average molecular weight is 178 g/mol. The molecule has 0 amide bonds. The van der Waals surface area contributed by atoms with Crippen molar-refractivity contribution < 1.29 is 19.4 Å². The quantitative estimate of drug-likeness (QED) is 0.640. The fraction of sp³-hybridized carbons (Fsp3) is 0.875. The fourth-order valence-corrected chi connectivity index (χ4v) is 0.397. The molecule has 0 rings (SSSR count). The number of aliphatic hydroxyl groups excluding tert-OH is 1. The lowest BCUT2D eigenvalue weighted by Gasteiger charge is -1.91. The van der Waals surface area contributed by atoms with E-state index >= 15 is 0 Å². The monoisotopic (exact) mass is 178 g/mol. The van der Waals surface area contributed by atoms with Gasteiger partial charge in [-0.2, -0.15) is 0 Å². The molecular weight excluding hydrogens is 160 g/mol. The van der Waals surface area contributed by atoms with Crippen molar-refractivity contribution in [3.8, 4) is 0 Å². The third-order valence-corrected chi connectivity index (χ3v) is 0.977. The number of ether oxygens (including phenoxy) is 2. The van der Waals surface area contributed by atoms with Crippen molar-refractivity contribution in [3.05, 3.63) is 0 Å². The summed E-state index contributed by atoms with van der Waals surface area (Å²) < 4.78 is 8.79. The minimum atomic E-state index is -0.123. The van der Waals surface area contributed by atoms with Crippen LogP contribution in [0.3, 0.4) is 0 Å². The maximum atomic E-state index is 10.2. The van der Waals surface area contributed by atoms with Gasteiger partial charge in [-0.3, -0.25) is 4.79 Å². The molecule has 0 saturated heterocycles. The molecule has 0 bridgehead atoms. The molecule has 0 aromatic heterocycles. The van der Waals surface area contributed by atoms with Crippen molar-refractivity contribution in [3.63, 3.8) is 0 Å². The molecule has 12 heavy (non-hydrogen) atoms. The summed E-state index contributed by atoms with van der Waals surface area (Å²) in [6.45, 7) is 2.51. The molecule has 0 unspecified atom stereocenters. The standard InChI is InChI=1S/C5H10O2.C3H8O2/c1-3-4-5(6)7-2;1-5-3-2-4/h3-4H2,1-2H3;4H,2-3H2,1H3. The maximum Gasteiger partial charge on any atom is 0.305 e. The third kappa shape index (κ3) is 16.2. The number of rotatable bonds is 4. The Kier molecular flexibility index (Phi) is 15.1. The predicted octanol–water partition coefficient (Wildman–Crippen LogP) is 0.585. The van der Waals surface area contributed by atoms with E-state index in [4.69, 9.17) is 5.11 Å². The van der Waals surface area contributed by atoms with E-state index in [9.17, 15) is 4.79 Å². The lowest BCUT2D eigenvalue weighted by molar-refractivity contribution is -0.140. The fourth-order valence-electron chi connectivity index (χ4n) is 0.397. The van der Waals surface area contributed by atoms with Gasteiger partial charge in [0.25, 0.3) is 0 Å². The Balaban J connectivity index is 0. The summed E-state index contributed by atoms with van der Waals surface area (Å²) in [6, 6.07) is 0. The summed E-state index contributed by atoms with van der Waals surface area (Å²) in [6.07, 6.45) is 1.41. The molecule has 0 aliphatic carbocycles. The van der Waals surface area contributed by atoms with Crippen molar-refractivity contribution in [2.24, 2.45) is 0 Å². The van der Waals surface area contributed by atoms with Crippen LogP contribution in [0.2, 0.25) is 0 Å². The molecule has 0 aliphatic heterocycles. The first-order valence-corrected chi connectivity index (χ1v) is 3.89. The number of esters is 1. The van der Waals surface area contributed by atoms with Crippen molar-refractivity contribution in [1.29, 1.82) is 0 Å². The molecule has 0 fully saturated rings. The smallest absolute Gasteiger partial charge is 0.305 e. The first kappa shape index (κ1) is 13.9. The van der Waals surface area contributed by atoms with Crippen LogP contribution >= 0.6 is 0 Å². The number of hydrogen-bond donors (Lipinski definition) is 1. The Bertz CT molecular complexity index is 91.1. The van der Waals surface area contributed by atoms with Crippen LogP contribution in [0.15, 0.2) is 0 Å². The van der Waals surface area contributed by atoms with Gasteiger partial charge in [0.2, 0.25) is 0 Å². The lowest BCUT2D eigenvalue weighted by atomic mass is 10.3. The molecule has 0 aliphatic rings. The van der Waals surface area contributed by atoms with Crippen LogP contribution in [0, 0.1) is 0 Å². The Morgan fingerprint density at radius 3 is 2.08 bits per heavy atom. The highest BCUT2D eigenvalue weighted by Crippen LogP contribution is 1.86. The highest BCUT2D eigenvalue weighted by Gasteiger charge is 1.92. The highest BCUT2D eigenvalue weighted by atomic mass is 16.5. The molecule has 0 heterocycles. The molecule has 4 nitrogen and oxygen atoms in total. The van der Waals surface area contributed by atoms with Gasteiger partial charge in [-0.25, -0.2) is 0 Å². The summed E-state index contributed by atoms with van der Waals surface area (Å²) in [5, 5.41) is 7.94. The zero-order chi connectivity index (χ0) is 9.82. The van der Waals surface area contributed by atoms with Gasteiger partial charge in [0.1, 0.15) is 0 Å². The van der Waals surface area contributed by atoms with Gasteiger partial charge in [0.15, 0.2) is 0 Å². The minimum Gasteiger partial charge on any atom is -0.469 e. The lowest BCUT2D eigenvalue weighted by Crippen LogP contribution is -1.97. The van der Waals surface area contributed by atoms with Crippen LogP contribution in [0.25, 0.3) is 0 Å². The van der Waals surface area contributed by atoms with Crippen molar-refractivity contribution in [2.45, 2.75) is 19.8 Å². The Morgan fingerprint density at radius 2 is 2.00 bits per heavy atom. The van der Waals surface area contributed by atoms with E-state index in [-0.39, 0.29) is 12.6 Å². The van der Waals surface area contributed by atoms with Crippen LogP contribution in [0.1, 0.15) is 19.8 Å². The molecule has 4 heteroatoms. The van der Waals surface area contributed by atoms with Gasteiger partial charge in [-0.05, 0) is 6.42 Å². The van der Waals surface area contributed by atoms with E-state index in [1.54, 1.807) is 7.11 Å². The van der Waals surface area contributed by atoms with Gasteiger partial charge < -0.3 is 14.6 Å². The van der Waals surface area contributed by atoms with Crippen molar-refractivity contribution >= 4 is 5.97 Å². The van der Waals surface area contributed by atoms with E-state index in [1.807, 2.05) is 6.92 Å². The molecule has 1 N–H and O–H groups in total. The normalized spacial score (nSPS) is 8.33. The van der Waals surface area contributed by atoms with Crippen LogP contribution in [0.4, 0.5) is 0 Å². The predicted molar refractivity (Wildman–Crippen MR) is 45.9 cm³/mol. The number of hydrogen-bond acceptors (Lipinski definition) is 4. The van der Waals surface area contributed by atoms with Crippen LogP contribution in [-0.2, 0) is 14.3 Å². The third-order valence-electron chi connectivity index (χ3n) is 0.977. The van der Waals surface area contributed by atoms with Crippen LogP contribution < -0.4 is 0 Å². The zero-order valence-electron chi connectivity index (χ0n) is 8.00. The molecule has 0 atom stereocenters. The Hall–Kier alpha value is -0.610. The average Bonchev–Trinajstić information content (AvgIpc) is 2.07. The molecule has 74 valence electrons. The molecule has 0 aromatic rings. The summed E-state index contributed by atoms with van der Waals surface area (Å²) >= 11 is 0. The molecule has 0 aromatic carbocycles. The number of methoxy groups -OCH3 is 2. The summed E-state index contributed by atoms with van der Waals surface area (Å²) in [7, 11) is 2.95. The van der Waals surface area contributed by atoms with Gasteiger partial charge in [-0.1, -0.05) is 6.92 Å². The van der Waals surface area contributed by atoms with E-state index in [0.29, 0.717) is 13.0 Å². The SMILES string of the molecule is CCCC(=O)OC.COCCO. The van der Waals surface area contributed by atoms with E-state index in [0.717, 1.165) is 6.42 Å². The molecule has 0 spiro atoms. The number of aliphatic hydroxyl groups is 1. The number of carbonyl (C=O) groups is 1. The van der Waals surface area contributed by atoms with Gasteiger partial charge in [0.05, 0.1) is 20.3 Å². The summed E-state index contributed by atoms with van der Waals surface area (Å²) in [5.41, 5.74) is 0. The van der Waals surface area contributed by atoms with Crippen molar-refractivity contribution in [1.82, 2.24) is 0 Å². The van der Waals surface area contributed by atoms with Crippen molar-refractivity contribution in [2.75, 3.05) is 27.4 Å². The Morgan fingerprint density at radius 1 is 1.42 bits per heavy atom. The first-order valence-electron chi connectivity index (χ1n) is 3.89. The van der Waals surface area contributed by atoms with Gasteiger partial charge >= 0.3 is 5.97 Å². The minimum absolute atomic E-state index is 0.122. The van der Waals surface area contributed by atoms with Crippen LogP contribution in [0.5, 0.6) is 0 Å². The molecule has 0 saturated carbocycles. The Labute approximate surface area is 73.5 Å². The molecule has 0 radical (unpaired) electrons. The second kappa shape index (κ2) is 13.0. The van der Waals surface area contributed by atoms with E-state index < -0.39 is 0 Å².